The average molecular weight is 311 g/mol. The van der Waals surface area contributed by atoms with Gasteiger partial charge in [0.2, 0.25) is 10.0 Å². The van der Waals surface area contributed by atoms with Gasteiger partial charge in [0.15, 0.2) is 0 Å². The van der Waals surface area contributed by atoms with Gasteiger partial charge < -0.3 is 5.11 Å². The van der Waals surface area contributed by atoms with Crippen molar-refractivity contribution >= 4 is 16.0 Å². The number of hydrogen-bond donors (Lipinski definition) is 2. The fourth-order valence-electron chi connectivity index (χ4n) is 2.39. The first-order valence-electron chi connectivity index (χ1n) is 7.04. The minimum atomic E-state index is -3.39. The molecule has 0 unspecified atom stereocenters. The topological polar surface area (TPSA) is 83.5 Å². The molecule has 0 aromatic heterocycles. The van der Waals surface area contributed by atoms with E-state index < -0.39 is 16.0 Å². The molecule has 0 atom stereocenters. The van der Waals surface area contributed by atoms with Crippen molar-refractivity contribution in [1.82, 2.24) is 4.72 Å². The molecule has 2 N–H and O–H groups in total. The molecule has 0 spiro atoms. The summed E-state index contributed by atoms with van der Waals surface area (Å²) in [4.78, 5) is 10.8. The van der Waals surface area contributed by atoms with E-state index in [1.165, 1.54) is 24.3 Å². The number of carboxylic acids is 1. The second-order valence-electron chi connectivity index (χ2n) is 6.10. The summed E-state index contributed by atoms with van der Waals surface area (Å²) in [6, 6.07) is 5.92. The van der Waals surface area contributed by atoms with Crippen LogP contribution < -0.4 is 4.72 Å². The third-order valence-electron chi connectivity index (χ3n) is 4.32. The number of sulfonamides is 1. The van der Waals surface area contributed by atoms with Crippen molar-refractivity contribution in [2.45, 2.75) is 32.4 Å². The summed E-state index contributed by atoms with van der Waals surface area (Å²) in [6.45, 7) is 4.72. The fraction of sp³-hybridized carbons (Fsp3) is 0.533. The Morgan fingerprint density at radius 3 is 2.29 bits per heavy atom. The number of benzene rings is 1. The van der Waals surface area contributed by atoms with Crippen LogP contribution in [0.1, 0.15) is 42.6 Å². The van der Waals surface area contributed by atoms with Crippen LogP contribution >= 0.6 is 0 Å². The maximum Gasteiger partial charge on any atom is 0.335 e. The fourth-order valence-corrected chi connectivity index (χ4v) is 3.63. The molecule has 6 heteroatoms. The molecule has 2 rings (SSSR count). The average Bonchev–Trinajstić information content (AvgIpc) is 3.18. The summed E-state index contributed by atoms with van der Waals surface area (Å²) in [5.41, 5.74) is 0.864. The number of rotatable bonds is 7. The maximum absolute atomic E-state index is 12.1. The van der Waals surface area contributed by atoms with Crippen LogP contribution in [0, 0.1) is 11.3 Å². The molecule has 1 aliphatic rings. The first-order chi connectivity index (χ1) is 9.74. The van der Waals surface area contributed by atoms with Gasteiger partial charge in [-0.25, -0.2) is 17.9 Å². The van der Waals surface area contributed by atoms with E-state index >= 15 is 0 Å². The maximum atomic E-state index is 12.1. The highest BCUT2D eigenvalue weighted by atomic mass is 32.2. The Morgan fingerprint density at radius 2 is 1.86 bits per heavy atom. The molecule has 1 aromatic carbocycles. The predicted molar refractivity (Wildman–Crippen MR) is 80.5 cm³/mol. The van der Waals surface area contributed by atoms with Gasteiger partial charge in [0.25, 0.3) is 0 Å². The smallest absolute Gasteiger partial charge is 0.335 e. The molecule has 116 valence electrons. The second-order valence-corrected chi connectivity index (χ2v) is 7.91. The van der Waals surface area contributed by atoms with E-state index in [9.17, 15) is 13.2 Å². The number of hydrogen-bond acceptors (Lipinski definition) is 3. The van der Waals surface area contributed by atoms with Crippen LogP contribution in [0.3, 0.4) is 0 Å². The van der Waals surface area contributed by atoms with Gasteiger partial charge >= 0.3 is 5.97 Å². The lowest BCUT2D eigenvalue weighted by molar-refractivity contribution is 0.0697. The summed E-state index contributed by atoms with van der Waals surface area (Å²) in [7, 11) is -3.39. The molecule has 0 heterocycles. The van der Waals surface area contributed by atoms with Gasteiger partial charge in [0, 0.05) is 6.54 Å². The van der Waals surface area contributed by atoms with E-state index in [0.717, 1.165) is 12.8 Å². The summed E-state index contributed by atoms with van der Waals surface area (Å²) < 4.78 is 26.9. The Balaban J connectivity index is 1.96. The highest BCUT2D eigenvalue weighted by Crippen LogP contribution is 2.51. The van der Waals surface area contributed by atoms with Gasteiger partial charge in [0.1, 0.15) is 0 Å². The van der Waals surface area contributed by atoms with Gasteiger partial charge in [-0.15, -0.1) is 0 Å². The molecule has 1 saturated carbocycles. The van der Waals surface area contributed by atoms with Crippen molar-refractivity contribution in [3.63, 3.8) is 0 Å². The van der Waals surface area contributed by atoms with Crippen molar-refractivity contribution in [3.8, 4) is 0 Å². The highest BCUT2D eigenvalue weighted by molar-refractivity contribution is 7.88. The lowest BCUT2D eigenvalue weighted by Gasteiger charge is -2.20. The van der Waals surface area contributed by atoms with E-state index in [0.29, 0.717) is 18.0 Å². The minimum absolute atomic E-state index is 0.124. The van der Waals surface area contributed by atoms with Crippen molar-refractivity contribution < 1.29 is 18.3 Å². The third-order valence-corrected chi connectivity index (χ3v) is 5.62. The Bertz CT molecular complexity index is 616. The summed E-state index contributed by atoms with van der Waals surface area (Å²) >= 11 is 0. The molecule has 1 aromatic rings. The molecule has 0 saturated heterocycles. The van der Waals surface area contributed by atoms with E-state index in [2.05, 4.69) is 18.6 Å². The van der Waals surface area contributed by atoms with Crippen LogP contribution in [0.25, 0.3) is 0 Å². The summed E-state index contributed by atoms with van der Waals surface area (Å²) in [6.07, 6.45) is 2.14. The van der Waals surface area contributed by atoms with Gasteiger partial charge in [-0.3, -0.25) is 0 Å². The molecule has 0 aliphatic heterocycles. The molecule has 5 nitrogen and oxygen atoms in total. The molecule has 1 aliphatic carbocycles. The van der Waals surface area contributed by atoms with Gasteiger partial charge in [-0.05, 0) is 41.9 Å². The quantitative estimate of drug-likeness (QED) is 0.809. The number of aromatic carboxylic acids is 1. The van der Waals surface area contributed by atoms with Crippen LogP contribution in [0.15, 0.2) is 24.3 Å². The second kappa shape index (κ2) is 5.77. The molecular formula is C15H21NO4S. The molecule has 0 radical (unpaired) electrons. The van der Waals surface area contributed by atoms with E-state index in [-0.39, 0.29) is 16.7 Å². The van der Waals surface area contributed by atoms with Crippen molar-refractivity contribution in [2.75, 3.05) is 6.54 Å². The number of nitrogens with one attached hydrogen (secondary N) is 1. The van der Waals surface area contributed by atoms with Crippen molar-refractivity contribution in [2.24, 2.45) is 11.3 Å². The predicted octanol–water partition coefficient (Wildman–Crippen LogP) is 2.24. The first kappa shape index (κ1) is 16.0. The zero-order valence-corrected chi connectivity index (χ0v) is 13.1. The Hall–Kier alpha value is -1.40. The molecule has 1 fully saturated rings. The number of carboxylic acid groups (broad SMARTS) is 1. The number of carbonyl (C=O) groups is 1. The molecule has 21 heavy (non-hydrogen) atoms. The lowest BCUT2D eigenvalue weighted by atomic mass is 9.93. The molecular weight excluding hydrogens is 290 g/mol. The Morgan fingerprint density at radius 1 is 1.29 bits per heavy atom. The van der Waals surface area contributed by atoms with Crippen LogP contribution in [0.5, 0.6) is 0 Å². The normalized spacial score (nSPS) is 16.9. The van der Waals surface area contributed by atoms with Crippen LogP contribution in [-0.2, 0) is 15.8 Å². The summed E-state index contributed by atoms with van der Waals surface area (Å²) in [5.74, 6) is -0.675. The van der Waals surface area contributed by atoms with Crippen LogP contribution in [-0.4, -0.2) is 26.0 Å². The van der Waals surface area contributed by atoms with E-state index in [1.54, 1.807) is 0 Å². The monoisotopic (exact) mass is 311 g/mol. The van der Waals surface area contributed by atoms with E-state index in [1.807, 2.05) is 0 Å². The highest BCUT2D eigenvalue weighted by Gasteiger charge is 2.45. The minimum Gasteiger partial charge on any atom is -0.478 e. The van der Waals surface area contributed by atoms with Crippen LogP contribution in [0.4, 0.5) is 0 Å². The van der Waals surface area contributed by atoms with E-state index in [4.69, 9.17) is 5.11 Å². The Kier molecular flexibility index (Phi) is 4.39. The van der Waals surface area contributed by atoms with Crippen molar-refractivity contribution in [3.05, 3.63) is 35.4 Å². The van der Waals surface area contributed by atoms with Crippen LogP contribution in [0.2, 0.25) is 0 Å². The van der Waals surface area contributed by atoms with Gasteiger partial charge in [-0.2, -0.15) is 0 Å². The van der Waals surface area contributed by atoms with Gasteiger partial charge in [0.05, 0.1) is 11.3 Å². The third kappa shape index (κ3) is 4.04. The SMILES string of the molecule is CC(C)C1(CNS(=O)(=O)Cc2ccc(C(=O)O)cc2)CC1. The molecule has 0 bridgehead atoms. The Labute approximate surface area is 125 Å². The lowest BCUT2D eigenvalue weighted by Crippen LogP contribution is -2.33. The largest absolute Gasteiger partial charge is 0.478 e. The van der Waals surface area contributed by atoms with Crippen molar-refractivity contribution in [1.29, 1.82) is 0 Å². The molecule has 0 amide bonds. The standard InChI is InChI=1S/C15H21NO4S/c1-11(2)15(7-8-15)10-16-21(19,20)9-12-3-5-13(6-4-12)14(17)18/h3-6,11,16H,7-10H2,1-2H3,(H,17,18). The zero-order chi connectivity index (χ0) is 15.7. The zero-order valence-electron chi connectivity index (χ0n) is 12.3. The summed E-state index contributed by atoms with van der Waals surface area (Å²) in [5, 5.41) is 8.81. The van der Waals surface area contributed by atoms with Gasteiger partial charge in [-0.1, -0.05) is 26.0 Å². The first-order valence-corrected chi connectivity index (χ1v) is 8.69.